The molecule has 0 aliphatic carbocycles. The predicted octanol–water partition coefficient (Wildman–Crippen LogP) is 0.267. The highest BCUT2D eigenvalue weighted by Crippen LogP contribution is 2.20. The number of carbonyl (C=O) groups excluding carboxylic acids is 1. The van der Waals surface area contributed by atoms with E-state index in [-0.39, 0.29) is 18.5 Å². The Labute approximate surface area is 85.2 Å². The van der Waals surface area contributed by atoms with E-state index < -0.39 is 0 Å². The number of hydrogen-bond donors (Lipinski definition) is 2. The number of nitrogens with one attached hydrogen (secondary N) is 1. The van der Waals surface area contributed by atoms with Gasteiger partial charge in [0.15, 0.2) is 0 Å². The first-order valence-corrected chi connectivity index (χ1v) is 5.35. The van der Waals surface area contributed by atoms with E-state index in [1.54, 1.807) is 0 Å². The van der Waals surface area contributed by atoms with Crippen molar-refractivity contribution in [2.75, 3.05) is 19.8 Å². The number of carbonyl (C=O) groups is 1. The lowest BCUT2D eigenvalue weighted by molar-refractivity contribution is -0.121. The first-order chi connectivity index (χ1) is 6.77. The molecule has 1 saturated heterocycles. The van der Waals surface area contributed by atoms with E-state index in [0.717, 1.165) is 32.5 Å². The Morgan fingerprint density at radius 1 is 1.57 bits per heavy atom. The minimum absolute atomic E-state index is 0.0525. The minimum atomic E-state index is -0.0525. The molecule has 1 aliphatic heterocycles. The van der Waals surface area contributed by atoms with Gasteiger partial charge in [0.1, 0.15) is 0 Å². The molecule has 1 aliphatic rings. The molecule has 1 unspecified atom stereocenters. The largest absolute Gasteiger partial charge is 0.381 e. The summed E-state index contributed by atoms with van der Waals surface area (Å²) < 4.78 is 5.29. The molecule has 4 heteroatoms. The zero-order valence-corrected chi connectivity index (χ0v) is 8.79. The van der Waals surface area contributed by atoms with Crippen LogP contribution in [0.25, 0.3) is 0 Å². The third-order valence-corrected chi connectivity index (χ3v) is 2.81. The van der Waals surface area contributed by atoms with E-state index in [1.807, 2.05) is 0 Å². The van der Waals surface area contributed by atoms with Gasteiger partial charge in [0.2, 0.25) is 5.91 Å². The number of nitrogens with two attached hydrogens (primary N) is 1. The van der Waals surface area contributed by atoms with Crippen LogP contribution in [-0.2, 0) is 9.53 Å². The molecule has 1 atom stereocenters. The van der Waals surface area contributed by atoms with Crippen molar-refractivity contribution in [3.63, 3.8) is 0 Å². The average molecular weight is 200 g/mol. The SMILES string of the molecule is CCC(NC(=O)CN)C1CCOCC1. The van der Waals surface area contributed by atoms with E-state index in [9.17, 15) is 4.79 Å². The summed E-state index contributed by atoms with van der Waals surface area (Å²) >= 11 is 0. The lowest BCUT2D eigenvalue weighted by atomic mass is 9.90. The fourth-order valence-corrected chi connectivity index (χ4v) is 1.94. The normalized spacial score (nSPS) is 20.4. The molecule has 0 radical (unpaired) electrons. The van der Waals surface area contributed by atoms with Crippen molar-refractivity contribution in [1.82, 2.24) is 5.32 Å². The highest BCUT2D eigenvalue weighted by Gasteiger charge is 2.23. The molecule has 82 valence electrons. The fourth-order valence-electron chi connectivity index (χ4n) is 1.94. The van der Waals surface area contributed by atoms with Gasteiger partial charge in [-0.25, -0.2) is 0 Å². The van der Waals surface area contributed by atoms with Crippen LogP contribution in [0.1, 0.15) is 26.2 Å². The third kappa shape index (κ3) is 3.27. The molecule has 0 aromatic carbocycles. The molecular weight excluding hydrogens is 180 g/mol. The molecule has 0 bridgehead atoms. The van der Waals surface area contributed by atoms with Gasteiger partial charge in [0.25, 0.3) is 0 Å². The zero-order chi connectivity index (χ0) is 10.4. The van der Waals surface area contributed by atoms with Crippen molar-refractivity contribution in [3.05, 3.63) is 0 Å². The number of hydrogen-bond acceptors (Lipinski definition) is 3. The minimum Gasteiger partial charge on any atom is -0.381 e. The van der Waals surface area contributed by atoms with Gasteiger partial charge in [-0.3, -0.25) is 4.79 Å². The highest BCUT2D eigenvalue weighted by atomic mass is 16.5. The molecule has 1 heterocycles. The predicted molar refractivity (Wildman–Crippen MR) is 54.8 cm³/mol. The van der Waals surface area contributed by atoms with Crippen molar-refractivity contribution in [2.45, 2.75) is 32.2 Å². The molecule has 0 aromatic rings. The van der Waals surface area contributed by atoms with E-state index in [2.05, 4.69) is 12.2 Å². The topological polar surface area (TPSA) is 64.4 Å². The van der Waals surface area contributed by atoms with Gasteiger partial charge in [-0.15, -0.1) is 0 Å². The Bertz CT molecular complexity index is 179. The van der Waals surface area contributed by atoms with Crippen molar-refractivity contribution in [1.29, 1.82) is 0 Å². The standard InChI is InChI=1S/C10H20N2O2/c1-2-9(12-10(13)7-11)8-3-5-14-6-4-8/h8-9H,2-7,11H2,1H3,(H,12,13). The van der Waals surface area contributed by atoms with Gasteiger partial charge in [0.05, 0.1) is 6.54 Å². The summed E-state index contributed by atoms with van der Waals surface area (Å²) in [6.45, 7) is 3.82. The van der Waals surface area contributed by atoms with E-state index in [4.69, 9.17) is 10.5 Å². The van der Waals surface area contributed by atoms with Crippen LogP contribution in [0.4, 0.5) is 0 Å². The van der Waals surface area contributed by atoms with E-state index in [0.29, 0.717) is 5.92 Å². The van der Waals surface area contributed by atoms with E-state index >= 15 is 0 Å². The van der Waals surface area contributed by atoms with Crippen molar-refractivity contribution >= 4 is 5.91 Å². The summed E-state index contributed by atoms with van der Waals surface area (Å²) in [5.74, 6) is 0.507. The summed E-state index contributed by atoms with van der Waals surface area (Å²) in [4.78, 5) is 11.2. The van der Waals surface area contributed by atoms with Crippen LogP contribution in [0, 0.1) is 5.92 Å². The summed E-state index contributed by atoms with van der Waals surface area (Å²) in [5, 5.41) is 2.97. The molecule has 0 aromatic heterocycles. The first kappa shape index (κ1) is 11.5. The maximum atomic E-state index is 11.2. The molecule has 0 saturated carbocycles. The van der Waals surface area contributed by atoms with Crippen LogP contribution in [0.5, 0.6) is 0 Å². The number of rotatable bonds is 4. The first-order valence-electron chi connectivity index (χ1n) is 5.35. The van der Waals surface area contributed by atoms with Crippen LogP contribution >= 0.6 is 0 Å². The van der Waals surface area contributed by atoms with Crippen LogP contribution in [0.15, 0.2) is 0 Å². The Morgan fingerprint density at radius 3 is 2.71 bits per heavy atom. The van der Waals surface area contributed by atoms with Crippen LogP contribution < -0.4 is 11.1 Å². The maximum absolute atomic E-state index is 11.2. The lowest BCUT2D eigenvalue weighted by Gasteiger charge is -2.30. The highest BCUT2D eigenvalue weighted by molar-refractivity contribution is 5.78. The Morgan fingerprint density at radius 2 is 2.21 bits per heavy atom. The second kappa shape index (κ2) is 5.98. The van der Waals surface area contributed by atoms with E-state index in [1.165, 1.54) is 0 Å². The molecule has 1 fully saturated rings. The summed E-state index contributed by atoms with van der Waals surface area (Å²) in [7, 11) is 0. The quantitative estimate of drug-likeness (QED) is 0.684. The monoisotopic (exact) mass is 200 g/mol. The summed E-state index contributed by atoms with van der Waals surface area (Å²) in [5.41, 5.74) is 5.27. The van der Waals surface area contributed by atoms with Gasteiger partial charge >= 0.3 is 0 Å². The van der Waals surface area contributed by atoms with Crippen molar-refractivity contribution in [3.8, 4) is 0 Å². The van der Waals surface area contributed by atoms with Crippen LogP contribution in [0.3, 0.4) is 0 Å². The molecule has 1 amide bonds. The Balaban J connectivity index is 2.39. The third-order valence-electron chi connectivity index (χ3n) is 2.81. The summed E-state index contributed by atoms with van der Waals surface area (Å²) in [6, 6.07) is 0.273. The van der Waals surface area contributed by atoms with Crippen LogP contribution in [-0.4, -0.2) is 31.7 Å². The van der Waals surface area contributed by atoms with Crippen molar-refractivity contribution < 1.29 is 9.53 Å². The number of ether oxygens (including phenoxy) is 1. The second-order valence-corrected chi connectivity index (χ2v) is 3.74. The number of amides is 1. The van der Waals surface area contributed by atoms with Gasteiger partial charge in [-0.2, -0.15) is 0 Å². The Hall–Kier alpha value is -0.610. The Kier molecular flexibility index (Phi) is 4.90. The average Bonchev–Trinajstić information content (AvgIpc) is 2.26. The van der Waals surface area contributed by atoms with Crippen molar-refractivity contribution in [2.24, 2.45) is 11.7 Å². The van der Waals surface area contributed by atoms with Gasteiger partial charge < -0.3 is 15.8 Å². The zero-order valence-electron chi connectivity index (χ0n) is 8.79. The van der Waals surface area contributed by atoms with Gasteiger partial charge in [-0.05, 0) is 25.2 Å². The molecule has 0 spiro atoms. The van der Waals surface area contributed by atoms with Crippen LogP contribution in [0.2, 0.25) is 0 Å². The fraction of sp³-hybridized carbons (Fsp3) is 0.900. The second-order valence-electron chi connectivity index (χ2n) is 3.74. The molecule has 1 rings (SSSR count). The maximum Gasteiger partial charge on any atom is 0.233 e. The molecule has 3 N–H and O–H groups in total. The lowest BCUT2D eigenvalue weighted by Crippen LogP contribution is -2.44. The molecule has 14 heavy (non-hydrogen) atoms. The van der Waals surface area contributed by atoms with Gasteiger partial charge in [-0.1, -0.05) is 6.92 Å². The molecule has 4 nitrogen and oxygen atoms in total. The van der Waals surface area contributed by atoms with Gasteiger partial charge in [0, 0.05) is 19.3 Å². The molecular formula is C10H20N2O2. The summed E-state index contributed by atoms with van der Waals surface area (Å²) in [6.07, 6.45) is 3.06. The smallest absolute Gasteiger partial charge is 0.233 e.